The highest BCUT2D eigenvalue weighted by atomic mass is 32.2. The summed E-state index contributed by atoms with van der Waals surface area (Å²) in [5.74, 6) is 2.21. The number of aromatic nitrogens is 2. The summed E-state index contributed by atoms with van der Waals surface area (Å²) >= 11 is 0. The first-order valence-corrected chi connectivity index (χ1v) is 10.9. The number of rotatable bonds is 4. The number of hydrogen-bond acceptors (Lipinski definition) is 6. The van der Waals surface area contributed by atoms with Gasteiger partial charge in [0.2, 0.25) is 10.0 Å². The molecule has 1 saturated heterocycles. The largest absolute Gasteiger partial charge is 0.493 e. The molecule has 0 radical (unpaired) electrons. The fraction of sp³-hybridized carbons (Fsp3) is 0.474. The van der Waals surface area contributed by atoms with E-state index in [1.165, 1.54) is 12.8 Å². The highest BCUT2D eigenvalue weighted by Gasteiger charge is 2.30. The van der Waals surface area contributed by atoms with Crippen molar-refractivity contribution in [1.29, 1.82) is 0 Å². The van der Waals surface area contributed by atoms with Crippen molar-refractivity contribution in [1.82, 2.24) is 14.5 Å². The number of nitrogens with zero attached hydrogens (tertiary/aromatic N) is 4. The second-order valence-electron chi connectivity index (χ2n) is 7.35. The smallest absolute Gasteiger partial charge is 0.243 e. The molecule has 1 aromatic heterocycles. The van der Waals surface area contributed by atoms with Crippen LogP contribution in [0.4, 0.5) is 5.82 Å². The van der Waals surface area contributed by atoms with E-state index in [9.17, 15) is 8.42 Å². The number of anilines is 1. The van der Waals surface area contributed by atoms with Gasteiger partial charge in [-0.2, -0.15) is 9.40 Å². The van der Waals surface area contributed by atoms with Crippen molar-refractivity contribution in [3.05, 3.63) is 41.6 Å². The van der Waals surface area contributed by atoms with Crippen LogP contribution in [0.15, 0.2) is 35.2 Å². The zero-order valence-electron chi connectivity index (χ0n) is 15.0. The summed E-state index contributed by atoms with van der Waals surface area (Å²) in [6.07, 6.45) is 3.18. The van der Waals surface area contributed by atoms with Gasteiger partial charge >= 0.3 is 0 Å². The Kier molecular flexibility index (Phi) is 4.05. The Hall–Kier alpha value is -2.19. The maximum atomic E-state index is 13.0. The molecule has 3 aliphatic rings. The molecule has 1 aliphatic carbocycles. The standard InChI is InChI=1S/C19H22N4O3S/c24-27(25,16-3-5-18-15(13-16)7-12-26-18)23-10-8-22(9-11-23)19-6-4-17(20-21-19)14-1-2-14/h3-6,13-14H,1-2,7-12H2. The van der Waals surface area contributed by atoms with Crippen LogP contribution in [-0.2, 0) is 16.4 Å². The Bertz CT molecular complexity index is 949. The van der Waals surface area contributed by atoms with E-state index >= 15 is 0 Å². The molecule has 0 unspecified atom stereocenters. The number of piperazine rings is 1. The van der Waals surface area contributed by atoms with Gasteiger partial charge in [-0.15, -0.1) is 5.10 Å². The monoisotopic (exact) mass is 386 g/mol. The second-order valence-corrected chi connectivity index (χ2v) is 9.29. The molecule has 1 saturated carbocycles. The predicted molar refractivity (Wildman–Crippen MR) is 101 cm³/mol. The molecular weight excluding hydrogens is 364 g/mol. The molecule has 7 nitrogen and oxygen atoms in total. The van der Waals surface area contributed by atoms with Gasteiger partial charge in [0.05, 0.1) is 17.2 Å². The highest BCUT2D eigenvalue weighted by molar-refractivity contribution is 7.89. The number of sulfonamides is 1. The Labute approximate surface area is 159 Å². The van der Waals surface area contributed by atoms with Crippen LogP contribution < -0.4 is 9.64 Å². The third kappa shape index (κ3) is 3.17. The van der Waals surface area contributed by atoms with Crippen LogP contribution >= 0.6 is 0 Å². The van der Waals surface area contributed by atoms with Crippen molar-refractivity contribution in [2.75, 3.05) is 37.7 Å². The number of fused-ring (bicyclic) bond motifs is 1. The summed E-state index contributed by atoms with van der Waals surface area (Å²) in [5, 5.41) is 8.67. The molecular formula is C19H22N4O3S. The normalized spacial score (nSPS) is 20.4. The third-order valence-electron chi connectivity index (χ3n) is 5.53. The van der Waals surface area contributed by atoms with Crippen molar-refractivity contribution in [2.24, 2.45) is 0 Å². The summed E-state index contributed by atoms with van der Waals surface area (Å²) in [5.41, 5.74) is 2.04. The van der Waals surface area contributed by atoms with E-state index in [1.807, 2.05) is 6.07 Å². The zero-order chi connectivity index (χ0) is 18.4. The molecule has 0 amide bonds. The molecule has 0 bridgehead atoms. The summed E-state index contributed by atoms with van der Waals surface area (Å²) in [6, 6.07) is 9.23. The molecule has 1 aromatic carbocycles. The van der Waals surface area contributed by atoms with Gasteiger partial charge in [-0.1, -0.05) is 0 Å². The molecule has 0 atom stereocenters. The fourth-order valence-electron chi connectivity index (χ4n) is 3.73. The average Bonchev–Trinajstić information content (AvgIpc) is 3.45. The van der Waals surface area contributed by atoms with Crippen molar-refractivity contribution >= 4 is 15.8 Å². The van der Waals surface area contributed by atoms with E-state index in [-0.39, 0.29) is 0 Å². The molecule has 2 fully saturated rings. The minimum atomic E-state index is -3.48. The molecule has 27 heavy (non-hydrogen) atoms. The van der Waals surface area contributed by atoms with E-state index in [4.69, 9.17) is 4.74 Å². The van der Waals surface area contributed by atoms with Gasteiger partial charge in [0.25, 0.3) is 0 Å². The lowest BCUT2D eigenvalue weighted by Crippen LogP contribution is -2.49. The van der Waals surface area contributed by atoms with Crippen molar-refractivity contribution in [3.8, 4) is 5.75 Å². The summed E-state index contributed by atoms with van der Waals surface area (Å²) in [6.45, 7) is 2.75. The van der Waals surface area contributed by atoms with Gasteiger partial charge in [0.1, 0.15) is 5.75 Å². The van der Waals surface area contributed by atoms with Crippen molar-refractivity contribution in [2.45, 2.75) is 30.1 Å². The molecule has 0 N–H and O–H groups in total. The fourth-order valence-corrected chi connectivity index (χ4v) is 5.20. The first-order chi connectivity index (χ1) is 13.1. The van der Waals surface area contributed by atoms with E-state index in [1.54, 1.807) is 22.5 Å². The molecule has 2 aliphatic heterocycles. The van der Waals surface area contributed by atoms with Crippen LogP contribution in [0.1, 0.15) is 30.0 Å². The SMILES string of the molecule is O=S(=O)(c1ccc2c(c1)CCO2)N1CCN(c2ccc(C3CC3)nn2)CC1. The predicted octanol–water partition coefficient (Wildman–Crippen LogP) is 1.80. The topological polar surface area (TPSA) is 75.6 Å². The van der Waals surface area contributed by atoms with Gasteiger partial charge in [-0.05, 0) is 48.7 Å². The average molecular weight is 386 g/mol. The summed E-state index contributed by atoms with van der Waals surface area (Å²) in [7, 11) is -3.48. The molecule has 5 rings (SSSR count). The molecule has 0 spiro atoms. The highest BCUT2D eigenvalue weighted by Crippen LogP contribution is 2.38. The van der Waals surface area contributed by atoms with Crippen LogP contribution in [-0.4, -0.2) is 55.7 Å². The number of ether oxygens (including phenoxy) is 1. The van der Waals surface area contributed by atoms with Crippen LogP contribution in [0, 0.1) is 0 Å². The van der Waals surface area contributed by atoms with Gasteiger partial charge in [-0.3, -0.25) is 0 Å². The van der Waals surface area contributed by atoms with Crippen LogP contribution in [0.2, 0.25) is 0 Å². The van der Waals surface area contributed by atoms with Crippen LogP contribution in [0.25, 0.3) is 0 Å². The van der Waals surface area contributed by atoms with E-state index < -0.39 is 10.0 Å². The zero-order valence-corrected chi connectivity index (χ0v) is 15.9. The number of benzene rings is 1. The van der Waals surface area contributed by atoms with E-state index in [0.717, 1.165) is 29.2 Å². The van der Waals surface area contributed by atoms with Gasteiger partial charge in [0.15, 0.2) is 5.82 Å². The maximum absolute atomic E-state index is 13.0. The van der Waals surface area contributed by atoms with Gasteiger partial charge in [0, 0.05) is 38.5 Å². The quantitative estimate of drug-likeness (QED) is 0.798. The minimum absolute atomic E-state index is 0.355. The lowest BCUT2D eigenvalue weighted by atomic mass is 10.2. The summed E-state index contributed by atoms with van der Waals surface area (Å²) < 4.78 is 33.0. The molecule has 142 valence electrons. The Balaban J connectivity index is 1.28. The lowest BCUT2D eigenvalue weighted by molar-refractivity contribution is 0.356. The van der Waals surface area contributed by atoms with Gasteiger partial charge in [-0.25, -0.2) is 8.42 Å². The van der Waals surface area contributed by atoms with Crippen molar-refractivity contribution in [3.63, 3.8) is 0 Å². The minimum Gasteiger partial charge on any atom is -0.493 e. The first kappa shape index (κ1) is 16.9. The lowest BCUT2D eigenvalue weighted by Gasteiger charge is -2.34. The molecule has 8 heteroatoms. The Morgan fingerprint density at radius 1 is 1.00 bits per heavy atom. The summed E-state index contributed by atoms with van der Waals surface area (Å²) in [4.78, 5) is 2.46. The van der Waals surface area contributed by atoms with Crippen molar-refractivity contribution < 1.29 is 13.2 Å². The Morgan fingerprint density at radius 3 is 2.52 bits per heavy atom. The van der Waals surface area contributed by atoms with Crippen LogP contribution in [0.3, 0.4) is 0 Å². The van der Waals surface area contributed by atoms with E-state index in [0.29, 0.717) is 43.6 Å². The van der Waals surface area contributed by atoms with Crippen LogP contribution in [0.5, 0.6) is 5.75 Å². The maximum Gasteiger partial charge on any atom is 0.243 e. The molecule has 2 aromatic rings. The number of hydrogen-bond donors (Lipinski definition) is 0. The Morgan fingerprint density at radius 2 is 1.81 bits per heavy atom. The van der Waals surface area contributed by atoms with Gasteiger partial charge < -0.3 is 9.64 Å². The first-order valence-electron chi connectivity index (χ1n) is 9.46. The van der Waals surface area contributed by atoms with E-state index in [2.05, 4.69) is 21.2 Å². The third-order valence-corrected chi connectivity index (χ3v) is 7.42. The second kappa shape index (κ2) is 6.45. The molecule has 3 heterocycles.